The molecule has 0 aliphatic heterocycles. The highest BCUT2D eigenvalue weighted by Crippen LogP contribution is 2.48. The van der Waals surface area contributed by atoms with Crippen molar-refractivity contribution in [3.63, 3.8) is 0 Å². The van der Waals surface area contributed by atoms with Gasteiger partial charge in [-0.1, -0.05) is 23.7 Å². The molecule has 1 aliphatic carbocycles. The molecule has 1 aromatic rings. The molecule has 1 aromatic carbocycles. The van der Waals surface area contributed by atoms with Crippen LogP contribution in [0.15, 0.2) is 24.3 Å². The van der Waals surface area contributed by atoms with Crippen LogP contribution in [0, 0.1) is 0 Å². The van der Waals surface area contributed by atoms with Gasteiger partial charge in [-0.3, -0.25) is 4.79 Å². The number of aliphatic hydroxyl groups is 1. The average molecular weight is 284 g/mol. The van der Waals surface area contributed by atoms with E-state index in [0.29, 0.717) is 11.6 Å². The van der Waals surface area contributed by atoms with Crippen LogP contribution in [-0.4, -0.2) is 37.4 Å². The number of benzene rings is 1. The summed E-state index contributed by atoms with van der Waals surface area (Å²) in [6.07, 6.45) is 1.65. The van der Waals surface area contributed by atoms with Crippen LogP contribution >= 0.6 is 11.6 Å². The van der Waals surface area contributed by atoms with Gasteiger partial charge in [-0.15, -0.1) is 0 Å². The van der Waals surface area contributed by atoms with Crippen molar-refractivity contribution in [3.8, 4) is 0 Å². The van der Waals surface area contributed by atoms with Gasteiger partial charge in [-0.2, -0.15) is 0 Å². The topological polar surface area (TPSA) is 58.6 Å². The van der Waals surface area contributed by atoms with E-state index in [9.17, 15) is 9.90 Å². The normalized spacial score (nSPS) is 17.8. The van der Waals surface area contributed by atoms with Crippen LogP contribution in [0.5, 0.6) is 0 Å². The number of methoxy groups -OCH3 is 1. The van der Waals surface area contributed by atoms with Gasteiger partial charge in [0.05, 0.1) is 24.7 Å². The van der Waals surface area contributed by atoms with Gasteiger partial charge in [0, 0.05) is 12.1 Å². The summed E-state index contributed by atoms with van der Waals surface area (Å²) in [4.78, 5) is 12.3. The predicted molar refractivity (Wildman–Crippen MR) is 73.3 cm³/mol. The Morgan fingerprint density at radius 2 is 2.11 bits per heavy atom. The number of rotatable bonds is 6. The van der Waals surface area contributed by atoms with Crippen LogP contribution in [-0.2, 0) is 14.9 Å². The molecule has 2 N–H and O–H groups in total. The minimum atomic E-state index is -0.453. The number of ether oxygens (including phenoxy) is 1. The fourth-order valence-electron chi connectivity index (χ4n) is 2.21. The molecule has 0 saturated heterocycles. The Morgan fingerprint density at radius 3 is 2.58 bits per heavy atom. The molecule has 1 unspecified atom stereocenters. The van der Waals surface area contributed by atoms with Crippen molar-refractivity contribution in [2.45, 2.75) is 24.3 Å². The number of aliphatic hydroxyl groups excluding tert-OH is 1. The van der Waals surface area contributed by atoms with Gasteiger partial charge in [0.15, 0.2) is 0 Å². The Labute approximate surface area is 117 Å². The summed E-state index contributed by atoms with van der Waals surface area (Å²) in [7, 11) is 1.54. The molecule has 1 aliphatic rings. The van der Waals surface area contributed by atoms with Gasteiger partial charge in [0.1, 0.15) is 0 Å². The van der Waals surface area contributed by atoms with E-state index in [1.165, 1.54) is 0 Å². The second-order valence-electron chi connectivity index (χ2n) is 4.90. The highest BCUT2D eigenvalue weighted by Gasteiger charge is 2.51. The van der Waals surface area contributed by atoms with Gasteiger partial charge in [-0.05, 0) is 30.5 Å². The molecule has 4 nitrogen and oxygen atoms in total. The van der Waals surface area contributed by atoms with E-state index in [0.717, 1.165) is 18.4 Å². The van der Waals surface area contributed by atoms with E-state index in [1.807, 2.05) is 12.1 Å². The van der Waals surface area contributed by atoms with Crippen molar-refractivity contribution in [2.24, 2.45) is 0 Å². The number of carbonyl (C=O) groups excluding carboxylic acids is 1. The second kappa shape index (κ2) is 5.90. The lowest BCUT2D eigenvalue weighted by Crippen LogP contribution is -2.45. The number of carbonyl (C=O) groups is 1. The summed E-state index contributed by atoms with van der Waals surface area (Å²) >= 11 is 5.86. The smallest absolute Gasteiger partial charge is 0.231 e. The maximum atomic E-state index is 12.3. The Balaban J connectivity index is 2.07. The van der Waals surface area contributed by atoms with Gasteiger partial charge < -0.3 is 15.2 Å². The lowest BCUT2D eigenvalue weighted by atomic mass is 9.95. The summed E-state index contributed by atoms with van der Waals surface area (Å²) in [5.74, 6) is -0.0501. The minimum absolute atomic E-state index is 0.0501. The summed E-state index contributed by atoms with van der Waals surface area (Å²) < 4.78 is 4.96. The standard InChI is InChI=1S/C14H18ClNO3/c1-19-9-12(8-17)16-13(18)14(6-7-14)10-2-4-11(15)5-3-10/h2-5,12,17H,6-9H2,1H3,(H,16,18). The second-order valence-corrected chi connectivity index (χ2v) is 5.33. The molecular weight excluding hydrogens is 266 g/mol. The van der Waals surface area contributed by atoms with Gasteiger partial charge in [0.25, 0.3) is 0 Å². The molecule has 0 heterocycles. The molecule has 104 valence electrons. The van der Waals surface area contributed by atoms with Crippen LogP contribution in [0.3, 0.4) is 0 Å². The Morgan fingerprint density at radius 1 is 1.47 bits per heavy atom. The van der Waals surface area contributed by atoms with Gasteiger partial charge in [-0.25, -0.2) is 0 Å². The first-order valence-electron chi connectivity index (χ1n) is 6.29. The number of hydrogen-bond donors (Lipinski definition) is 2. The third kappa shape index (κ3) is 3.08. The van der Waals surface area contributed by atoms with Crippen molar-refractivity contribution in [1.29, 1.82) is 0 Å². The quantitative estimate of drug-likeness (QED) is 0.832. The predicted octanol–water partition coefficient (Wildman–Crippen LogP) is 1.50. The maximum Gasteiger partial charge on any atom is 0.231 e. The first-order valence-corrected chi connectivity index (χ1v) is 6.67. The molecule has 5 heteroatoms. The number of hydrogen-bond acceptors (Lipinski definition) is 3. The highest BCUT2D eigenvalue weighted by atomic mass is 35.5. The zero-order valence-corrected chi connectivity index (χ0v) is 11.6. The number of halogens is 1. The first-order chi connectivity index (χ1) is 9.12. The van der Waals surface area contributed by atoms with Crippen LogP contribution in [0.1, 0.15) is 18.4 Å². The van der Waals surface area contributed by atoms with Crippen molar-refractivity contribution >= 4 is 17.5 Å². The van der Waals surface area contributed by atoms with Crippen LogP contribution in [0.4, 0.5) is 0 Å². The molecule has 2 rings (SSSR count). The molecule has 1 fully saturated rings. The SMILES string of the molecule is COCC(CO)NC(=O)C1(c2ccc(Cl)cc2)CC1. The fraction of sp³-hybridized carbons (Fsp3) is 0.500. The van der Waals surface area contributed by atoms with Gasteiger partial charge >= 0.3 is 0 Å². The maximum absolute atomic E-state index is 12.3. The lowest BCUT2D eigenvalue weighted by molar-refractivity contribution is -0.125. The van der Waals surface area contributed by atoms with E-state index in [1.54, 1.807) is 19.2 Å². The third-order valence-corrected chi connectivity index (χ3v) is 3.76. The fourth-order valence-corrected chi connectivity index (χ4v) is 2.33. The van der Waals surface area contributed by atoms with E-state index in [-0.39, 0.29) is 18.6 Å². The highest BCUT2D eigenvalue weighted by molar-refractivity contribution is 6.30. The Kier molecular flexibility index (Phi) is 4.45. The minimum Gasteiger partial charge on any atom is -0.394 e. The average Bonchev–Trinajstić information content (AvgIpc) is 3.20. The lowest BCUT2D eigenvalue weighted by Gasteiger charge is -2.21. The van der Waals surface area contributed by atoms with Crippen LogP contribution in [0.2, 0.25) is 5.02 Å². The van der Waals surface area contributed by atoms with Crippen molar-refractivity contribution < 1.29 is 14.6 Å². The monoisotopic (exact) mass is 283 g/mol. The zero-order valence-electron chi connectivity index (χ0n) is 10.9. The molecule has 1 atom stereocenters. The van der Waals surface area contributed by atoms with Crippen molar-refractivity contribution in [2.75, 3.05) is 20.3 Å². The zero-order chi connectivity index (χ0) is 13.9. The third-order valence-electron chi connectivity index (χ3n) is 3.50. The molecule has 0 bridgehead atoms. The Hall–Kier alpha value is -1.10. The summed E-state index contributed by atoms with van der Waals surface area (Å²) in [5, 5.41) is 12.7. The number of amides is 1. The van der Waals surface area contributed by atoms with Crippen molar-refractivity contribution in [3.05, 3.63) is 34.9 Å². The van der Waals surface area contributed by atoms with E-state index < -0.39 is 5.41 Å². The van der Waals surface area contributed by atoms with E-state index >= 15 is 0 Å². The largest absolute Gasteiger partial charge is 0.394 e. The van der Waals surface area contributed by atoms with Crippen LogP contribution in [0.25, 0.3) is 0 Å². The molecule has 0 spiro atoms. The molecule has 1 saturated carbocycles. The molecule has 1 amide bonds. The summed E-state index contributed by atoms with van der Waals surface area (Å²) in [6, 6.07) is 7.01. The van der Waals surface area contributed by atoms with E-state index in [2.05, 4.69) is 5.32 Å². The molecule has 19 heavy (non-hydrogen) atoms. The van der Waals surface area contributed by atoms with Crippen molar-refractivity contribution in [1.82, 2.24) is 5.32 Å². The first kappa shape index (κ1) is 14.3. The van der Waals surface area contributed by atoms with E-state index in [4.69, 9.17) is 16.3 Å². The molecule has 0 aromatic heterocycles. The van der Waals surface area contributed by atoms with Crippen LogP contribution < -0.4 is 5.32 Å². The molecular formula is C14H18ClNO3. The number of nitrogens with one attached hydrogen (secondary N) is 1. The summed E-state index contributed by atoms with van der Waals surface area (Å²) in [5.41, 5.74) is 0.523. The van der Waals surface area contributed by atoms with Gasteiger partial charge in [0.2, 0.25) is 5.91 Å². The molecule has 0 radical (unpaired) electrons. The Bertz CT molecular complexity index is 443. The summed E-state index contributed by atoms with van der Waals surface area (Å²) in [6.45, 7) is 0.176.